The molecule has 0 heterocycles. The van der Waals surface area contributed by atoms with Crippen molar-refractivity contribution in [1.29, 1.82) is 0 Å². The molecule has 0 aliphatic rings. The highest BCUT2D eigenvalue weighted by atomic mass is 16.1. The normalized spacial score (nSPS) is 12.5. The van der Waals surface area contributed by atoms with Crippen LogP contribution in [0.5, 0.6) is 0 Å². The second kappa shape index (κ2) is 18.9. The molecule has 182 valence electrons. The number of hydrogen-bond acceptors (Lipinski definition) is 4. The highest BCUT2D eigenvalue weighted by Crippen LogP contribution is 2.18. The van der Waals surface area contributed by atoms with Crippen LogP contribution in [0.3, 0.4) is 0 Å². The highest BCUT2D eigenvalue weighted by Gasteiger charge is 2.13. The molecule has 0 radical (unpaired) electrons. The van der Waals surface area contributed by atoms with Gasteiger partial charge in [-0.2, -0.15) is 0 Å². The van der Waals surface area contributed by atoms with Gasteiger partial charge in [0.15, 0.2) is 5.96 Å². The van der Waals surface area contributed by atoms with E-state index in [4.69, 9.17) is 17.2 Å². The minimum Gasteiger partial charge on any atom is -0.390 e. The Morgan fingerprint density at radius 2 is 1.68 bits per heavy atom. The molecule has 0 spiro atoms. The van der Waals surface area contributed by atoms with Crippen LogP contribution >= 0.6 is 0 Å². The van der Waals surface area contributed by atoms with Gasteiger partial charge in [-0.1, -0.05) is 32.1 Å². The molecule has 0 saturated carbocycles. The second-order valence-corrected chi connectivity index (χ2v) is 8.93. The molecule has 0 aliphatic heterocycles. The van der Waals surface area contributed by atoms with Crippen molar-refractivity contribution in [3.8, 4) is 0 Å². The maximum absolute atomic E-state index is 11.9. The zero-order chi connectivity index (χ0) is 23.4. The maximum Gasteiger partial charge on any atom is 0.219 e. The molecule has 0 saturated heterocycles. The maximum atomic E-state index is 11.9. The lowest BCUT2D eigenvalue weighted by atomic mass is 9.97. The number of hydrogen-bond donors (Lipinski definition) is 4. The van der Waals surface area contributed by atoms with Crippen LogP contribution in [0.1, 0.15) is 90.9 Å². The molecule has 0 aliphatic carbocycles. The molecule has 0 bridgehead atoms. The van der Waals surface area contributed by atoms with Gasteiger partial charge in [0.05, 0.1) is 11.9 Å². The first-order valence-corrected chi connectivity index (χ1v) is 12.1. The van der Waals surface area contributed by atoms with Crippen molar-refractivity contribution in [3.05, 3.63) is 0 Å². The third-order valence-corrected chi connectivity index (χ3v) is 5.39. The van der Waals surface area contributed by atoms with E-state index in [9.17, 15) is 4.79 Å². The predicted molar refractivity (Wildman–Crippen MR) is 133 cm³/mol. The summed E-state index contributed by atoms with van der Waals surface area (Å²) in [6.45, 7) is 7.34. The minimum absolute atomic E-state index is 0.0691. The minimum atomic E-state index is -0.0691. The standard InChI is InChI=1S/C23H49N7O/c1-23(2,29-20-25)15-9-4-5-11-17-27-21(31)14-8-6-12-18-28-22(26)30(3)19-13-7-10-16-24/h20H,4-19,24H2,1-3H3,(H2,25,29)(H2,26,28)(H,27,31). The predicted octanol–water partition coefficient (Wildman–Crippen LogP) is 2.75. The lowest BCUT2D eigenvalue weighted by molar-refractivity contribution is -0.121. The van der Waals surface area contributed by atoms with Gasteiger partial charge in [-0.15, -0.1) is 0 Å². The van der Waals surface area contributed by atoms with Gasteiger partial charge in [-0.25, -0.2) is 0 Å². The molecule has 8 nitrogen and oxygen atoms in total. The van der Waals surface area contributed by atoms with E-state index in [1.54, 1.807) is 0 Å². The average Bonchev–Trinajstić information content (AvgIpc) is 2.72. The smallest absolute Gasteiger partial charge is 0.219 e. The molecule has 8 heteroatoms. The molecule has 1 amide bonds. The molecule has 7 N–H and O–H groups in total. The van der Waals surface area contributed by atoms with Gasteiger partial charge in [0.25, 0.3) is 0 Å². The SMILES string of the molecule is CN(CCCCCN)C(N)=NCCCCCC(=O)NCCCCCCC(C)(C)N=CN. The van der Waals surface area contributed by atoms with E-state index in [0.29, 0.717) is 18.9 Å². The van der Waals surface area contributed by atoms with Crippen LogP contribution in [0, 0.1) is 0 Å². The summed E-state index contributed by atoms with van der Waals surface area (Å²) in [7, 11) is 1.98. The Hall–Kier alpha value is -1.83. The molecule has 0 rings (SSSR count). The summed E-state index contributed by atoms with van der Waals surface area (Å²) in [6, 6.07) is 0. The van der Waals surface area contributed by atoms with Crippen molar-refractivity contribution < 1.29 is 4.79 Å². The van der Waals surface area contributed by atoms with Crippen molar-refractivity contribution in [2.24, 2.45) is 27.2 Å². The van der Waals surface area contributed by atoms with Gasteiger partial charge in [-0.3, -0.25) is 14.8 Å². The van der Waals surface area contributed by atoms with E-state index in [-0.39, 0.29) is 11.4 Å². The zero-order valence-corrected chi connectivity index (χ0v) is 20.4. The van der Waals surface area contributed by atoms with Crippen molar-refractivity contribution in [2.75, 3.05) is 33.2 Å². The molecular weight excluding hydrogens is 390 g/mol. The van der Waals surface area contributed by atoms with E-state index in [2.05, 4.69) is 29.1 Å². The summed E-state index contributed by atoms with van der Waals surface area (Å²) in [5.41, 5.74) is 16.8. The van der Waals surface area contributed by atoms with Crippen molar-refractivity contribution in [1.82, 2.24) is 10.2 Å². The van der Waals surface area contributed by atoms with Gasteiger partial charge in [0.1, 0.15) is 0 Å². The van der Waals surface area contributed by atoms with E-state index in [0.717, 1.165) is 90.3 Å². The van der Waals surface area contributed by atoms with Crippen LogP contribution in [0.4, 0.5) is 0 Å². The summed E-state index contributed by atoms with van der Waals surface area (Å²) >= 11 is 0. The van der Waals surface area contributed by atoms with E-state index >= 15 is 0 Å². The summed E-state index contributed by atoms with van der Waals surface area (Å²) in [6.07, 6.45) is 13.6. The second-order valence-electron chi connectivity index (χ2n) is 8.93. The number of carbonyl (C=O) groups excluding carboxylic acids is 1. The van der Waals surface area contributed by atoms with Crippen LogP contribution in [-0.2, 0) is 4.79 Å². The number of amides is 1. The van der Waals surface area contributed by atoms with Crippen LogP contribution in [0.25, 0.3) is 0 Å². The topological polar surface area (TPSA) is 135 Å². The first kappa shape index (κ1) is 29.2. The first-order chi connectivity index (χ1) is 14.8. The van der Waals surface area contributed by atoms with E-state index < -0.39 is 0 Å². The number of guanidine groups is 1. The van der Waals surface area contributed by atoms with E-state index in [1.165, 1.54) is 6.34 Å². The Bertz CT molecular complexity index is 506. The Morgan fingerprint density at radius 3 is 2.39 bits per heavy atom. The molecule has 31 heavy (non-hydrogen) atoms. The summed E-state index contributed by atoms with van der Waals surface area (Å²) in [5, 5.41) is 3.02. The Kier molecular flexibility index (Phi) is 17.8. The number of carbonyl (C=O) groups is 1. The zero-order valence-electron chi connectivity index (χ0n) is 20.4. The quantitative estimate of drug-likeness (QED) is 0.139. The largest absolute Gasteiger partial charge is 0.390 e. The number of rotatable bonds is 19. The Morgan fingerprint density at radius 1 is 1.00 bits per heavy atom. The first-order valence-electron chi connectivity index (χ1n) is 12.1. The van der Waals surface area contributed by atoms with Crippen LogP contribution in [0.2, 0.25) is 0 Å². The summed E-state index contributed by atoms with van der Waals surface area (Å²) in [5.74, 6) is 0.750. The fourth-order valence-corrected chi connectivity index (χ4v) is 3.29. The van der Waals surface area contributed by atoms with E-state index in [1.807, 2.05) is 11.9 Å². The van der Waals surface area contributed by atoms with Gasteiger partial charge in [0, 0.05) is 33.1 Å². The molecule has 0 aromatic carbocycles. The van der Waals surface area contributed by atoms with Gasteiger partial charge >= 0.3 is 0 Å². The molecule has 0 atom stereocenters. The molecular formula is C23H49N7O. The lowest BCUT2D eigenvalue weighted by Gasteiger charge is -2.18. The fourth-order valence-electron chi connectivity index (χ4n) is 3.29. The number of unbranched alkanes of at least 4 members (excludes halogenated alkanes) is 7. The molecule has 0 unspecified atom stereocenters. The summed E-state index contributed by atoms with van der Waals surface area (Å²) in [4.78, 5) is 22.6. The average molecular weight is 440 g/mol. The summed E-state index contributed by atoms with van der Waals surface area (Å²) < 4.78 is 0. The van der Waals surface area contributed by atoms with Gasteiger partial charge < -0.3 is 27.4 Å². The monoisotopic (exact) mass is 439 g/mol. The van der Waals surface area contributed by atoms with Gasteiger partial charge in [0.2, 0.25) is 5.91 Å². The number of nitrogens with two attached hydrogens (primary N) is 3. The molecule has 0 aromatic rings. The fraction of sp³-hybridized carbons (Fsp3) is 0.870. The number of aliphatic imine (C=N–C) groups is 2. The lowest BCUT2D eigenvalue weighted by Crippen LogP contribution is -2.35. The number of nitrogens with zero attached hydrogens (tertiary/aromatic N) is 3. The Balaban J connectivity index is 3.59. The molecule has 0 fully saturated rings. The van der Waals surface area contributed by atoms with Crippen LogP contribution in [-0.4, -0.2) is 61.9 Å². The molecule has 0 aromatic heterocycles. The Labute approximate surface area is 190 Å². The van der Waals surface area contributed by atoms with Gasteiger partial charge in [-0.05, 0) is 58.9 Å². The van der Waals surface area contributed by atoms with Crippen molar-refractivity contribution in [2.45, 2.75) is 96.4 Å². The van der Waals surface area contributed by atoms with Crippen molar-refractivity contribution >= 4 is 18.2 Å². The van der Waals surface area contributed by atoms with Crippen molar-refractivity contribution in [3.63, 3.8) is 0 Å². The highest BCUT2D eigenvalue weighted by molar-refractivity contribution is 5.77. The van der Waals surface area contributed by atoms with Crippen LogP contribution in [0.15, 0.2) is 9.98 Å². The third-order valence-electron chi connectivity index (χ3n) is 5.39. The number of nitrogens with one attached hydrogen (secondary N) is 1. The van der Waals surface area contributed by atoms with Crippen LogP contribution < -0.4 is 22.5 Å². The third kappa shape index (κ3) is 18.6.